The number of benzene rings is 1. The van der Waals surface area contributed by atoms with Gasteiger partial charge in [-0.1, -0.05) is 81.7 Å². The summed E-state index contributed by atoms with van der Waals surface area (Å²) in [5.74, 6) is -2.65. The van der Waals surface area contributed by atoms with E-state index in [1.165, 1.54) is 31.0 Å². The maximum atomic E-state index is 12.6. The maximum absolute atomic E-state index is 12.6. The highest BCUT2D eigenvalue weighted by Gasteiger charge is 2.22. The normalized spacial score (nSPS) is 13.7. The average molecular weight is 583 g/mol. The number of allylic oxidation sites excluding steroid dienone is 7. The van der Waals surface area contributed by atoms with Crippen LogP contribution in [0.5, 0.6) is 0 Å². The number of unbranched alkanes of at least 4 members (excludes halogenated alkanes) is 3. The van der Waals surface area contributed by atoms with Gasteiger partial charge in [-0.3, -0.25) is 9.59 Å². The Kier molecular flexibility index (Phi) is 15.6. The molecular formula is C33H42O7S. The molecule has 0 fully saturated rings. The largest absolute Gasteiger partial charge is 0.481 e. The van der Waals surface area contributed by atoms with Gasteiger partial charge in [-0.2, -0.15) is 0 Å². The predicted octanol–water partition coefficient (Wildman–Crippen LogP) is 7.72. The van der Waals surface area contributed by atoms with Crippen LogP contribution in [0, 0.1) is 0 Å². The smallest absolute Gasteiger partial charge is 0.371 e. The van der Waals surface area contributed by atoms with E-state index in [2.05, 4.69) is 25.2 Å². The summed E-state index contributed by atoms with van der Waals surface area (Å²) in [5, 5.41) is 29.3. The van der Waals surface area contributed by atoms with Gasteiger partial charge in [0.1, 0.15) is 5.58 Å². The van der Waals surface area contributed by atoms with Crippen molar-refractivity contribution >= 4 is 34.7 Å². The zero-order valence-corrected chi connectivity index (χ0v) is 24.8. The van der Waals surface area contributed by atoms with E-state index in [9.17, 15) is 24.6 Å². The monoisotopic (exact) mass is 582 g/mol. The van der Waals surface area contributed by atoms with Gasteiger partial charge in [0.25, 0.3) is 0 Å². The first-order valence-corrected chi connectivity index (χ1v) is 15.2. The fourth-order valence-electron chi connectivity index (χ4n) is 4.24. The number of aromatic carboxylic acids is 1. The molecule has 2 unspecified atom stereocenters. The molecule has 0 spiro atoms. The summed E-state index contributed by atoms with van der Waals surface area (Å²) in [4.78, 5) is 35.8. The highest BCUT2D eigenvalue weighted by molar-refractivity contribution is 8.00. The summed E-state index contributed by atoms with van der Waals surface area (Å²) in [7, 11) is 0. The zero-order valence-electron chi connectivity index (χ0n) is 24.0. The number of carboxylic acid groups (broad SMARTS) is 2. The summed E-state index contributed by atoms with van der Waals surface area (Å²) >= 11 is 1.39. The number of aliphatic hydroxyl groups excluding tert-OH is 1. The molecule has 41 heavy (non-hydrogen) atoms. The summed E-state index contributed by atoms with van der Waals surface area (Å²) in [5.41, 5.74) is 0.537. The molecular weight excluding hydrogens is 540 g/mol. The van der Waals surface area contributed by atoms with Crippen molar-refractivity contribution in [2.24, 2.45) is 0 Å². The molecule has 2 atom stereocenters. The lowest BCUT2D eigenvalue weighted by Crippen LogP contribution is -2.21. The lowest BCUT2D eigenvalue weighted by atomic mass is 10.1. The lowest BCUT2D eigenvalue weighted by Gasteiger charge is -2.21. The van der Waals surface area contributed by atoms with Crippen molar-refractivity contribution in [1.82, 2.24) is 0 Å². The van der Waals surface area contributed by atoms with Gasteiger partial charge < -0.3 is 19.7 Å². The molecule has 222 valence electrons. The van der Waals surface area contributed by atoms with Gasteiger partial charge in [-0.25, -0.2) is 4.79 Å². The molecule has 2 rings (SSSR count). The van der Waals surface area contributed by atoms with E-state index in [4.69, 9.17) is 9.52 Å². The van der Waals surface area contributed by atoms with Gasteiger partial charge in [0.05, 0.1) is 16.7 Å². The van der Waals surface area contributed by atoms with Crippen molar-refractivity contribution in [3.63, 3.8) is 0 Å². The maximum Gasteiger partial charge on any atom is 0.371 e. The number of aliphatic carboxylic acids is 1. The molecule has 1 heterocycles. The van der Waals surface area contributed by atoms with Crippen molar-refractivity contribution < 1.29 is 29.3 Å². The number of carboxylic acids is 2. The fraction of sp³-hybridized carbons (Fsp3) is 0.424. The van der Waals surface area contributed by atoms with Crippen LogP contribution in [0.3, 0.4) is 0 Å². The average Bonchev–Trinajstić information content (AvgIpc) is 2.93. The van der Waals surface area contributed by atoms with Crippen molar-refractivity contribution in [3.8, 4) is 0 Å². The third-order valence-electron chi connectivity index (χ3n) is 6.38. The van der Waals surface area contributed by atoms with Gasteiger partial charge in [0.2, 0.25) is 5.76 Å². The van der Waals surface area contributed by atoms with E-state index in [-0.39, 0.29) is 12.0 Å². The summed E-state index contributed by atoms with van der Waals surface area (Å²) in [6.07, 6.45) is 22.7. The molecule has 7 nitrogen and oxygen atoms in total. The van der Waals surface area contributed by atoms with Crippen LogP contribution < -0.4 is 5.43 Å². The molecule has 1 aromatic carbocycles. The Bertz CT molecular complexity index is 1300. The molecule has 0 amide bonds. The Labute approximate surface area is 246 Å². The number of rotatable bonds is 19. The summed E-state index contributed by atoms with van der Waals surface area (Å²) < 4.78 is 5.66. The van der Waals surface area contributed by atoms with Crippen molar-refractivity contribution in [2.45, 2.75) is 94.3 Å². The summed E-state index contributed by atoms with van der Waals surface area (Å²) in [6, 6.07) is 4.40. The van der Waals surface area contributed by atoms with Crippen molar-refractivity contribution in [2.75, 3.05) is 0 Å². The van der Waals surface area contributed by atoms with E-state index >= 15 is 0 Å². The number of aliphatic hydroxyl groups is 1. The molecule has 3 N–H and O–H groups in total. The molecule has 0 saturated heterocycles. The fourth-order valence-corrected chi connectivity index (χ4v) is 5.48. The van der Waals surface area contributed by atoms with E-state index in [0.29, 0.717) is 30.2 Å². The van der Waals surface area contributed by atoms with Gasteiger partial charge in [0.15, 0.2) is 5.43 Å². The SMILES string of the molecule is CCCCC/C=C\C/C=C/C=C/C=C/C(Sc1ccc2c(=O)cc(C(=O)O)oc2c1CCC)C(O)CCCC(=O)O. The highest BCUT2D eigenvalue weighted by atomic mass is 32.2. The van der Waals surface area contributed by atoms with Crippen molar-refractivity contribution in [3.05, 3.63) is 88.4 Å². The number of aryl methyl sites for hydroxylation is 1. The van der Waals surface area contributed by atoms with Crippen LogP contribution in [0.2, 0.25) is 0 Å². The molecule has 2 aromatic rings. The molecule has 8 heteroatoms. The second-order valence-electron chi connectivity index (χ2n) is 9.79. The molecule has 0 bridgehead atoms. The number of carbonyl (C=O) groups is 2. The molecule has 0 aliphatic rings. The molecule has 0 saturated carbocycles. The topological polar surface area (TPSA) is 125 Å². The van der Waals surface area contributed by atoms with Gasteiger partial charge in [-0.05, 0) is 50.7 Å². The first-order chi connectivity index (χ1) is 19.8. The van der Waals surface area contributed by atoms with E-state index < -0.39 is 34.5 Å². The number of hydrogen-bond donors (Lipinski definition) is 3. The van der Waals surface area contributed by atoms with E-state index in [1.54, 1.807) is 12.1 Å². The Morgan fingerprint density at radius 3 is 2.46 bits per heavy atom. The molecule has 0 aliphatic heterocycles. The van der Waals surface area contributed by atoms with Crippen LogP contribution in [0.25, 0.3) is 11.0 Å². The van der Waals surface area contributed by atoms with Crippen LogP contribution in [-0.2, 0) is 11.2 Å². The van der Waals surface area contributed by atoms with Crippen LogP contribution >= 0.6 is 11.8 Å². The van der Waals surface area contributed by atoms with Crippen LogP contribution in [0.1, 0.15) is 87.8 Å². The molecule has 0 aliphatic carbocycles. The van der Waals surface area contributed by atoms with E-state index in [1.807, 2.05) is 37.3 Å². The highest BCUT2D eigenvalue weighted by Crippen LogP contribution is 2.35. The van der Waals surface area contributed by atoms with Crippen LogP contribution in [0.15, 0.2) is 80.9 Å². The zero-order chi connectivity index (χ0) is 30.0. The quantitative estimate of drug-likeness (QED) is 0.0665. The van der Waals surface area contributed by atoms with Gasteiger partial charge >= 0.3 is 11.9 Å². The molecule has 0 radical (unpaired) electrons. The lowest BCUT2D eigenvalue weighted by molar-refractivity contribution is -0.137. The van der Waals surface area contributed by atoms with Gasteiger partial charge in [0, 0.05) is 22.9 Å². The minimum atomic E-state index is -1.32. The Hall–Kier alpha value is -3.36. The number of hydrogen-bond acceptors (Lipinski definition) is 6. The van der Waals surface area contributed by atoms with Crippen LogP contribution in [0.4, 0.5) is 0 Å². The molecule has 1 aromatic heterocycles. The second kappa shape index (κ2) is 18.9. The Balaban J connectivity index is 2.25. The third-order valence-corrected chi connectivity index (χ3v) is 7.76. The second-order valence-corrected chi connectivity index (χ2v) is 11.0. The standard InChI is InChI=1S/C33H42O7S/c1-3-5-6-7-8-9-10-11-12-13-14-15-19-30(26(34)18-16-20-31(36)37)41-29-22-21-24-27(35)23-28(33(38)39)40-32(24)25(29)17-4-2/h8-9,11-15,19,21-23,26,30,34H,3-7,10,16-18,20H2,1-2H3,(H,36,37)(H,38,39)/b9-8-,12-11+,14-13+,19-15+. The van der Waals surface area contributed by atoms with Gasteiger partial charge in [-0.15, -0.1) is 11.8 Å². The minimum Gasteiger partial charge on any atom is -0.481 e. The third kappa shape index (κ3) is 12.0. The number of thioether (sulfide) groups is 1. The Morgan fingerprint density at radius 2 is 1.76 bits per heavy atom. The predicted molar refractivity (Wildman–Crippen MR) is 166 cm³/mol. The Morgan fingerprint density at radius 1 is 0.976 bits per heavy atom. The summed E-state index contributed by atoms with van der Waals surface area (Å²) in [6.45, 7) is 4.17. The number of fused-ring (bicyclic) bond motifs is 1. The van der Waals surface area contributed by atoms with E-state index in [0.717, 1.165) is 30.2 Å². The first-order valence-electron chi connectivity index (χ1n) is 14.3. The van der Waals surface area contributed by atoms with Crippen molar-refractivity contribution in [1.29, 1.82) is 0 Å². The van der Waals surface area contributed by atoms with Crippen LogP contribution in [-0.4, -0.2) is 38.6 Å². The first kappa shape index (κ1) is 33.8. The minimum absolute atomic E-state index is 0.0317.